The number of hydrogen-bond donors (Lipinski definition) is 1. The maximum atomic E-state index is 13.3. The van der Waals surface area contributed by atoms with Gasteiger partial charge in [-0.2, -0.15) is 0 Å². The van der Waals surface area contributed by atoms with E-state index < -0.39 is 0 Å². The Morgan fingerprint density at radius 3 is 2.69 bits per heavy atom. The van der Waals surface area contributed by atoms with Crippen molar-refractivity contribution < 1.29 is 4.39 Å². The highest BCUT2D eigenvalue weighted by molar-refractivity contribution is 5.28. The van der Waals surface area contributed by atoms with Crippen LogP contribution in [0.4, 0.5) is 4.39 Å². The molecule has 1 aliphatic rings. The van der Waals surface area contributed by atoms with E-state index in [1.807, 2.05) is 19.1 Å². The van der Waals surface area contributed by atoms with E-state index in [4.69, 9.17) is 5.73 Å². The maximum absolute atomic E-state index is 13.3. The minimum atomic E-state index is -0.0874. The highest BCUT2D eigenvalue weighted by Crippen LogP contribution is 2.49. The summed E-state index contributed by atoms with van der Waals surface area (Å²) in [5.41, 5.74) is 6.59. The average molecular weight is 179 g/mol. The van der Waals surface area contributed by atoms with E-state index in [0.29, 0.717) is 11.8 Å². The van der Waals surface area contributed by atoms with Crippen molar-refractivity contribution in [2.75, 3.05) is 0 Å². The fraction of sp³-hybridized carbons (Fsp3) is 0.455. The Kier molecular flexibility index (Phi) is 2.08. The number of benzene rings is 1. The highest BCUT2D eigenvalue weighted by Gasteiger charge is 2.41. The van der Waals surface area contributed by atoms with E-state index in [9.17, 15) is 4.39 Å². The first kappa shape index (κ1) is 8.70. The average Bonchev–Trinajstić information content (AvgIpc) is 2.84. The highest BCUT2D eigenvalue weighted by atomic mass is 19.1. The molecular formula is C11H14FN. The summed E-state index contributed by atoms with van der Waals surface area (Å²) in [6.45, 7) is 1.99. The lowest BCUT2D eigenvalue weighted by molar-refractivity contribution is 0.589. The summed E-state index contributed by atoms with van der Waals surface area (Å²) in [4.78, 5) is 0. The van der Waals surface area contributed by atoms with Gasteiger partial charge in [0, 0.05) is 6.04 Å². The zero-order chi connectivity index (χ0) is 9.42. The van der Waals surface area contributed by atoms with Crippen LogP contribution in [0.15, 0.2) is 24.3 Å². The van der Waals surface area contributed by atoms with Crippen LogP contribution < -0.4 is 5.73 Å². The maximum Gasteiger partial charge on any atom is 0.126 e. The molecule has 2 heteroatoms. The number of halogens is 1. The van der Waals surface area contributed by atoms with Gasteiger partial charge >= 0.3 is 0 Å². The molecule has 70 valence electrons. The van der Waals surface area contributed by atoms with Crippen molar-refractivity contribution in [3.05, 3.63) is 35.6 Å². The smallest absolute Gasteiger partial charge is 0.126 e. The predicted molar refractivity (Wildman–Crippen MR) is 50.9 cm³/mol. The Morgan fingerprint density at radius 1 is 1.46 bits per heavy atom. The van der Waals surface area contributed by atoms with Crippen LogP contribution in [0.25, 0.3) is 0 Å². The van der Waals surface area contributed by atoms with Crippen LogP contribution in [0, 0.1) is 11.7 Å². The Labute approximate surface area is 77.8 Å². The van der Waals surface area contributed by atoms with E-state index in [2.05, 4.69) is 0 Å². The van der Waals surface area contributed by atoms with Crippen LogP contribution in [-0.4, -0.2) is 6.04 Å². The molecule has 0 bridgehead atoms. The van der Waals surface area contributed by atoms with Crippen molar-refractivity contribution in [3.63, 3.8) is 0 Å². The van der Waals surface area contributed by atoms with E-state index in [1.54, 1.807) is 6.07 Å². The molecular weight excluding hydrogens is 165 g/mol. The van der Waals surface area contributed by atoms with E-state index in [-0.39, 0.29) is 11.9 Å². The third-order valence-corrected chi connectivity index (χ3v) is 2.82. The first-order valence-electron chi connectivity index (χ1n) is 4.70. The van der Waals surface area contributed by atoms with E-state index in [0.717, 1.165) is 12.0 Å². The molecule has 1 fully saturated rings. The van der Waals surface area contributed by atoms with Gasteiger partial charge in [0.1, 0.15) is 5.82 Å². The predicted octanol–water partition coefficient (Wildman–Crippen LogP) is 2.28. The van der Waals surface area contributed by atoms with Gasteiger partial charge in [-0.1, -0.05) is 18.2 Å². The van der Waals surface area contributed by atoms with Crippen LogP contribution in [-0.2, 0) is 0 Å². The molecule has 1 aromatic rings. The number of nitrogens with two attached hydrogens (primary N) is 1. The summed E-state index contributed by atoms with van der Waals surface area (Å²) in [7, 11) is 0. The molecule has 0 saturated heterocycles. The standard InChI is InChI=1S/C11H14FN/c1-7(13)9-6-10(9)8-4-2-3-5-11(8)12/h2-5,7,9-10H,6,13H2,1H3/t7-,9+,10+/m0/s1. The van der Waals surface area contributed by atoms with Crippen molar-refractivity contribution in [2.45, 2.75) is 25.3 Å². The van der Waals surface area contributed by atoms with E-state index in [1.165, 1.54) is 6.07 Å². The van der Waals surface area contributed by atoms with Crippen LogP contribution in [0.5, 0.6) is 0 Å². The molecule has 1 aromatic carbocycles. The lowest BCUT2D eigenvalue weighted by atomic mass is 10.1. The summed E-state index contributed by atoms with van der Waals surface area (Å²) in [5.74, 6) is 0.758. The van der Waals surface area contributed by atoms with Gasteiger partial charge in [-0.25, -0.2) is 4.39 Å². The lowest BCUT2D eigenvalue weighted by Gasteiger charge is -2.04. The summed E-state index contributed by atoms with van der Waals surface area (Å²) in [6, 6.07) is 7.18. The first-order chi connectivity index (χ1) is 6.20. The molecule has 3 atom stereocenters. The molecule has 0 aromatic heterocycles. The van der Waals surface area contributed by atoms with Crippen LogP contribution in [0.3, 0.4) is 0 Å². The SMILES string of the molecule is C[C@H](N)[C@H]1C[C@@H]1c1ccccc1F. The van der Waals surface area contributed by atoms with Gasteiger partial charge in [-0.05, 0) is 36.8 Å². The second-order valence-electron chi connectivity index (χ2n) is 3.89. The summed E-state index contributed by atoms with van der Waals surface area (Å²) in [5, 5.41) is 0. The van der Waals surface area contributed by atoms with Crippen molar-refractivity contribution >= 4 is 0 Å². The summed E-state index contributed by atoms with van der Waals surface area (Å²) >= 11 is 0. The van der Waals surface area contributed by atoms with E-state index >= 15 is 0 Å². The molecule has 0 spiro atoms. The zero-order valence-corrected chi connectivity index (χ0v) is 7.70. The normalized spacial score (nSPS) is 28.5. The van der Waals surface area contributed by atoms with Crippen molar-refractivity contribution in [3.8, 4) is 0 Å². The van der Waals surface area contributed by atoms with Gasteiger partial charge < -0.3 is 5.73 Å². The number of rotatable bonds is 2. The fourth-order valence-electron chi connectivity index (χ4n) is 1.93. The molecule has 2 rings (SSSR count). The van der Waals surface area contributed by atoms with Crippen molar-refractivity contribution in [1.29, 1.82) is 0 Å². The van der Waals surface area contributed by atoms with Gasteiger partial charge in [-0.3, -0.25) is 0 Å². The first-order valence-corrected chi connectivity index (χ1v) is 4.70. The summed E-state index contributed by atoms with van der Waals surface area (Å²) in [6.07, 6.45) is 1.04. The minimum absolute atomic E-state index is 0.0874. The molecule has 1 saturated carbocycles. The Hall–Kier alpha value is -0.890. The van der Waals surface area contributed by atoms with Crippen molar-refractivity contribution in [1.82, 2.24) is 0 Å². The van der Waals surface area contributed by atoms with Gasteiger partial charge in [0.15, 0.2) is 0 Å². The van der Waals surface area contributed by atoms with Crippen LogP contribution >= 0.6 is 0 Å². The monoisotopic (exact) mass is 179 g/mol. The quantitative estimate of drug-likeness (QED) is 0.740. The zero-order valence-electron chi connectivity index (χ0n) is 7.70. The molecule has 1 aliphatic carbocycles. The summed E-state index contributed by atoms with van der Waals surface area (Å²) < 4.78 is 13.3. The number of hydrogen-bond acceptors (Lipinski definition) is 1. The molecule has 0 amide bonds. The molecule has 0 radical (unpaired) electrons. The van der Waals surface area contributed by atoms with Gasteiger partial charge in [0.25, 0.3) is 0 Å². The molecule has 1 nitrogen and oxygen atoms in total. The molecule has 13 heavy (non-hydrogen) atoms. The molecule has 0 aliphatic heterocycles. The second kappa shape index (κ2) is 3.11. The van der Waals surface area contributed by atoms with Crippen LogP contribution in [0.2, 0.25) is 0 Å². The second-order valence-corrected chi connectivity index (χ2v) is 3.89. The van der Waals surface area contributed by atoms with Gasteiger partial charge in [0.2, 0.25) is 0 Å². The Morgan fingerprint density at radius 2 is 2.15 bits per heavy atom. The molecule has 0 unspecified atom stereocenters. The fourth-order valence-corrected chi connectivity index (χ4v) is 1.93. The third-order valence-electron chi connectivity index (χ3n) is 2.82. The third kappa shape index (κ3) is 1.59. The minimum Gasteiger partial charge on any atom is -0.328 e. The molecule has 0 heterocycles. The van der Waals surface area contributed by atoms with Gasteiger partial charge in [0.05, 0.1) is 0 Å². The van der Waals surface area contributed by atoms with Crippen LogP contribution in [0.1, 0.15) is 24.8 Å². The Balaban J connectivity index is 2.16. The molecule has 2 N–H and O–H groups in total. The largest absolute Gasteiger partial charge is 0.328 e. The Bertz CT molecular complexity index is 309. The lowest BCUT2D eigenvalue weighted by Crippen LogP contribution is -2.18. The van der Waals surface area contributed by atoms with Gasteiger partial charge in [-0.15, -0.1) is 0 Å². The van der Waals surface area contributed by atoms with Crippen molar-refractivity contribution in [2.24, 2.45) is 11.7 Å². The topological polar surface area (TPSA) is 26.0 Å².